The van der Waals surface area contributed by atoms with Crippen LogP contribution in [0.4, 0.5) is 0 Å². The number of aromatic nitrogens is 2. The maximum atomic E-state index is 12.9. The quantitative estimate of drug-likeness (QED) is 0.673. The third-order valence-electron chi connectivity index (χ3n) is 4.29. The van der Waals surface area contributed by atoms with Crippen molar-refractivity contribution in [1.29, 1.82) is 0 Å². The van der Waals surface area contributed by atoms with Crippen LogP contribution in [0.5, 0.6) is 5.75 Å². The van der Waals surface area contributed by atoms with Gasteiger partial charge in [-0.3, -0.25) is 0 Å². The molecule has 0 fully saturated rings. The molecule has 0 radical (unpaired) electrons. The molecule has 142 valence electrons. The van der Waals surface area contributed by atoms with Crippen molar-refractivity contribution in [3.63, 3.8) is 0 Å². The number of hydrogen-bond acceptors (Lipinski definition) is 4. The Bertz CT molecular complexity index is 1070. The molecule has 0 bridgehead atoms. The molecule has 0 saturated heterocycles. The molecule has 3 aromatic rings. The van der Waals surface area contributed by atoms with E-state index < -0.39 is 9.84 Å². The molecule has 0 atom stereocenters. The van der Waals surface area contributed by atoms with E-state index in [2.05, 4.69) is 30.7 Å². The van der Waals surface area contributed by atoms with Crippen LogP contribution in [0.1, 0.15) is 26.3 Å². The number of halogens is 1. The zero-order valence-electron chi connectivity index (χ0n) is 15.6. The third-order valence-corrected chi connectivity index (χ3v) is 6.20. The molecule has 1 N–H and O–H groups in total. The Labute approximate surface area is 164 Å². The number of ether oxygens (including phenoxy) is 1. The molecule has 1 aromatic heterocycles. The van der Waals surface area contributed by atoms with Crippen LogP contribution in [0.3, 0.4) is 0 Å². The molecule has 1 heterocycles. The number of methoxy groups -OCH3 is 1. The fraction of sp³-hybridized carbons (Fsp3) is 0.250. The summed E-state index contributed by atoms with van der Waals surface area (Å²) in [4.78, 5) is 7.30. The SMILES string of the molecule is COc1ccc(Cl)cc1-c1ncc(S(=O)(=O)c2ccc(C(C)(C)C)cc2)[nH]1. The van der Waals surface area contributed by atoms with Crippen LogP contribution in [0.25, 0.3) is 11.4 Å². The fourth-order valence-electron chi connectivity index (χ4n) is 2.70. The van der Waals surface area contributed by atoms with E-state index in [4.69, 9.17) is 16.3 Å². The molecule has 3 rings (SSSR count). The molecule has 0 spiro atoms. The van der Waals surface area contributed by atoms with E-state index in [0.29, 0.717) is 22.2 Å². The lowest BCUT2D eigenvalue weighted by Crippen LogP contribution is -2.11. The van der Waals surface area contributed by atoms with Gasteiger partial charge in [-0.25, -0.2) is 13.4 Å². The average molecular weight is 405 g/mol. The molecular formula is C20H21ClN2O3S. The van der Waals surface area contributed by atoms with Gasteiger partial charge in [0.1, 0.15) is 11.6 Å². The Hall–Kier alpha value is -2.31. The second-order valence-electron chi connectivity index (χ2n) is 7.22. The van der Waals surface area contributed by atoms with Gasteiger partial charge < -0.3 is 9.72 Å². The van der Waals surface area contributed by atoms with Crippen LogP contribution in [0, 0.1) is 0 Å². The van der Waals surface area contributed by atoms with Crippen LogP contribution in [0.2, 0.25) is 5.02 Å². The van der Waals surface area contributed by atoms with E-state index in [1.54, 1.807) is 30.3 Å². The summed E-state index contributed by atoms with van der Waals surface area (Å²) in [6.07, 6.45) is 1.31. The van der Waals surface area contributed by atoms with Crippen molar-refractivity contribution in [3.05, 3.63) is 59.2 Å². The summed E-state index contributed by atoms with van der Waals surface area (Å²) in [7, 11) is -2.18. The number of aromatic amines is 1. The van der Waals surface area contributed by atoms with Crippen molar-refractivity contribution in [3.8, 4) is 17.1 Å². The van der Waals surface area contributed by atoms with Gasteiger partial charge in [-0.1, -0.05) is 44.5 Å². The number of nitrogens with one attached hydrogen (secondary N) is 1. The summed E-state index contributed by atoms with van der Waals surface area (Å²) >= 11 is 6.05. The summed E-state index contributed by atoms with van der Waals surface area (Å²) in [5.74, 6) is 0.923. The van der Waals surface area contributed by atoms with Crippen molar-refractivity contribution in [2.75, 3.05) is 7.11 Å². The van der Waals surface area contributed by atoms with Crippen molar-refractivity contribution in [2.24, 2.45) is 0 Å². The summed E-state index contributed by atoms with van der Waals surface area (Å²) in [5.41, 5.74) is 1.61. The van der Waals surface area contributed by atoms with Gasteiger partial charge in [-0.15, -0.1) is 0 Å². The zero-order valence-corrected chi connectivity index (χ0v) is 17.1. The van der Waals surface area contributed by atoms with Gasteiger partial charge in [-0.2, -0.15) is 0 Å². The van der Waals surface area contributed by atoms with Crippen LogP contribution < -0.4 is 4.74 Å². The minimum absolute atomic E-state index is 0.0167. The van der Waals surface area contributed by atoms with E-state index in [0.717, 1.165) is 5.56 Å². The van der Waals surface area contributed by atoms with Crippen LogP contribution >= 0.6 is 11.6 Å². The van der Waals surface area contributed by atoms with Gasteiger partial charge >= 0.3 is 0 Å². The first-order valence-corrected chi connectivity index (χ1v) is 10.2. The standard InChI is InChI=1S/C20H21ClN2O3S/c1-20(2,3)13-5-8-15(9-6-13)27(24,25)18-12-22-19(23-18)16-11-14(21)7-10-17(16)26-4/h5-12H,1-4H3,(H,22,23). The highest BCUT2D eigenvalue weighted by atomic mass is 35.5. The highest BCUT2D eigenvalue weighted by molar-refractivity contribution is 7.91. The first-order chi connectivity index (χ1) is 12.6. The largest absolute Gasteiger partial charge is 0.496 e. The molecule has 0 saturated carbocycles. The summed E-state index contributed by atoms with van der Waals surface area (Å²) < 4.78 is 31.2. The number of nitrogens with zero attached hydrogens (tertiary/aromatic N) is 1. The van der Waals surface area contributed by atoms with Crippen molar-refractivity contribution >= 4 is 21.4 Å². The molecule has 0 aliphatic rings. The lowest BCUT2D eigenvalue weighted by atomic mass is 9.87. The van der Waals surface area contributed by atoms with E-state index in [1.807, 2.05) is 12.1 Å². The number of imidazole rings is 1. The first-order valence-electron chi connectivity index (χ1n) is 8.37. The molecule has 0 unspecified atom stereocenters. The summed E-state index contributed by atoms with van der Waals surface area (Å²) in [6, 6.07) is 12.0. The Morgan fingerprint density at radius 1 is 1.07 bits per heavy atom. The van der Waals surface area contributed by atoms with Crippen molar-refractivity contribution < 1.29 is 13.2 Å². The maximum absolute atomic E-state index is 12.9. The van der Waals surface area contributed by atoms with Crippen LogP contribution in [-0.4, -0.2) is 25.5 Å². The summed E-state index contributed by atoms with van der Waals surface area (Å²) in [6.45, 7) is 6.24. The topological polar surface area (TPSA) is 72.0 Å². The Morgan fingerprint density at radius 3 is 2.33 bits per heavy atom. The first kappa shape index (κ1) is 19.5. The van der Waals surface area contributed by atoms with E-state index in [1.165, 1.54) is 13.3 Å². The highest BCUT2D eigenvalue weighted by Crippen LogP contribution is 2.32. The van der Waals surface area contributed by atoms with Crippen molar-refractivity contribution in [2.45, 2.75) is 36.1 Å². The second kappa shape index (κ2) is 7.02. The molecule has 0 aliphatic heterocycles. The molecule has 7 heteroatoms. The minimum atomic E-state index is -3.71. The maximum Gasteiger partial charge on any atom is 0.223 e. The van der Waals surface area contributed by atoms with Gasteiger partial charge in [0.15, 0.2) is 5.03 Å². The molecule has 0 aliphatic carbocycles. The normalized spacial score (nSPS) is 12.2. The summed E-state index contributed by atoms with van der Waals surface area (Å²) in [5, 5.41) is 0.521. The van der Waals surface area contributed by atoms with E-state index in [-0.39, 0.29) is 15.3 Å². The number of hydrogen-bond donors (Lipinski definition) is 1. The van der Waals surface area contributed by atoms with E-state index >= 15 is 0 Å². The van der Waals surface area contributed by atoms with Crippen LogP contribution in [-0.2, 0) is 15.3 Å². The molecule has 27 heavy (non-hydrogen) atoms. The van der Waals surface area contributed by atoms with Gasteiger partial charge in [0.25, 0.3) is 0 Å². The minimum Gasteiger partial charge on any atom is -0.496 e. The van der Waals surface area contributed by atoms with Gasteiger partial charge in [0.2, 0.25) is 9.84 Å². The van der Waals surface area contributed by atoms with Gasteiger partial charge in [0, 0.05) is 5.02 Å². The molecular weight excluding hydrogens is 384 g/mol. The Kier molecular flexibility index (Phi) is 5.06. The monoisotopic (exact) mass is 404 g/mol. The van der Waals surface area contributed by atoms with Crippen molar-refractivity contribution in [1.82, 2.24) is 9.97 Å². The Balaban J connectivity index is 1.99. The predicted molar refractivity (Wildman–Crippen MR) is 106 cm³/mol. The number of H-pyrrole nitrogens is 1. The predicted octanol–water partition coefficient (Wildman–Crippen LogP) is 4.87. The fourth-order valence-corrected chi connectivity index (χ4v) is 4.05. The average Bonchev–Trinajstić information content (AvgIpc) is 3.12. The second-order valence-corrected chi connectivity index (χ2v) is 9.57. The third kappa shape index (κ3) is 3.87. The van der Waals surface area contributed by atoms with Crippen LogP contribution in [0.15, 0.2) is 58.6 Å². The highest BCUT2D eigenvalue weighted by Gasteiger charge is 2.23. The smallest absolute Gasteiger partial charge is 0.223 e. The number of rotatable bonds is 4. The van der Waals surface area contributed by atoms with Gasteiger partial charge in [0.05, 0.1) is 23.8 Å². The molecule has 0 amide bonds. The van der Waals surface area contributed by atoms with Gasteiger partial charge in [-0.05, 0) is 41.3 Å². The molecule has 2 aromatic carbocycles. The lowest BCUT2D eigenvalue weighted by molar-refractivity contribution is 0.416. The zero-order chi connectivity index (χ0) is 19.8. The molecule has 5 nitrogen and oxygen atoms in total. The van der Waals surface area contributed by atoms with E-state index in [9.17, 15) is 8.42 Å². The number of benzene rings is 2. The Morgan fingerprint density at radius 2 is 1.74 bits per heavy atom. The lowest BCUT2D eigenvalue weighted by Gasteiger charge is -2.19. The number of sulfone groups is 1.